The number of carbonyl (C=O) groups is 1. The summed E-state index contributed by atoms with van der Waals surface area (Å²) < 4.78 is 0. The van der Waals surface area contributed by atoms with Crippen LogP contribution in [-0.2, 0) is 0 Å². The van der Waals surface area contributed by atoms with E-state index in [0.29, 0.717) is 0 Å². The molecule has 2 aromatic rings. The number of hydrogen-bond donors (Lipinski definition) is 0. The van der Waals surface area contributed by atoms with Gasteiger partial charge >= 0.3 is 0 Å². The number of benzene rings is 2. The molecule has 0 N–H and O–H groups in total. The van der Waals surface area contributed by atoms with Crippen LogP contribution in [0.3, 0.4) is 0 Å². The van der Waals surface area contributed by atoms with Crippen molar-refractivity contribution >= 4 is 11.6 Å². The molecule has 1 aliphatic rings. The van der Waals surface area contributed by atoms with E-state index in [1.54, 1.807) is 11.9 Å². The Kier molecular flexibility index (Phi) is 2.30. The van der Waals surface area contributed by atoms with Crippen LogP contribution in [0.2, 0.25) is 0 Å². The van der Waals surface area contributed by atoms with Gasteiger partial charge in [-0.1, -0.05) is 49.0 Å². The Morgan fingerprint density at radius 3 is 2.39 bits per heavy atom. The lowest BCUT2D eigenvalue weighted by atomic mass is 10.00. The van der Waals surface area contributed by atoms with Crippen LogP contribution in [0.4, 0.5) is 0 Å². The summed E-state index contributed by atoms with van der Waals surface area (Å²) in [4.78, 5) is 13.7. The van der Waals surface area contributed by atoms with Crippen molar-refractivity contribution in [2.45, 2.75) is 0 Å². The molecule has 0 radical (unpaired) electrons. The standard InChI is InChI=1S/C16H13NO/c1-11-14-9-8-13(12-6-4-3-5-7-12)10-15(14)16(18)17(11)2/h3-10H,1H2,2H3. The Labute approximate surface area is 106 Å². The fourth-order valence-electron chi connectivity index (χ4n) is 2.27. The molecule has 18 heavy (non-hydrogen) atoms. The smallest absolute Gasteiger partial charge is 0.258 e. The van der Waals surface area contributed by atoms with Gasteiger partial charge in [0.2, 0.25) is 0 Å². The summed E-state index contributed by atoms with van der Waals surface area (Å²) in [5.41, 5.74) is 4.62. The maximum atomic E-state index is 12.1. The SMILES string of the molecule is C=C1c2ccc(-c3ccccc3)cc2C(=O)N1C. The molecule has 0 fully saturated rings. The largest absolute Gasteiger partial charge is 0.311 e. The van der Waals surface area contributed by atoms with E-state index in [9.17, 15) is 4.79 Å². The van der Waals surface area contributed by atoms with Crippen LogP contribution in [-0.4, -0.2) is 17.9 Å². The van der Waals surface area contributed by atoms with Crippen molar-refractivity contribution in [1.82, 2.24) is 4.90 Å². The van der Waals surface area contributed by atoms with E-state index in [0.717, 1.165) is 28.0 Å². The van der Waals surface area contributed by atoms with Crippen molar-refractivity contribution < 1.29 is 4.79 Å². The average molecular weight is 235 g/mol. The first-order valence-corrected chi connectivity index (χ1v) is 5.85. The minimum atomic E-state index is 0.0211. The average Bonchev–Trinajstić information content (AvgIpc) is 2.65. The number of fused-ring (bicyclic) bond motifs is 1. The first-order chi connectivity index (χ1) is 8.68. The predicted molar refractivity (Wildman–Crippen MR) is 73.0 cm³/mol. The summed E-state index contributed by atoms with van der Waals surface area (Å²) in [6.45, 7) is 3.93. The molecule has 2 nitrogen and oxygen atoms in total. The van der Waals surface area contributed by atoms with Crippen LogP contribution in [0.1, 0.15) is 15.9 Å². The maximum Gasteiger partial charge on any atom is 0.258 e. The van der Waals surface area contributed by atoms with Crippen molar-refractivity contribution in [1.29, 1.82) is 0 Å². The molecule has 88 valence electrons. The molecule has 0 bridgehead atoms. The summed E-state index contributed by atoms with van der Waals surface area (Å²) in [5.74, 6) is 0.0211. The Bertz CT molecular complexity index is 643. The Morgan fingerprint density at radius 1 is 0.944 bits per heavy atom. The Hall–Kier alpha value is -2.35. The fourth-order valence-corrected chi connectivity index (χ4v) is 2.27. The lowest BCUT2D eigenvalue weighted by molar-refractivity contribution is 0.0875. The summed E-state index contributed by atoms with van der Waals surface area (Å²) in [5, 5.41) is 0. The normalized spacial score (nSPS) is 13.9. The van der Waals surface area contributed by atoms with Gasteiger partial charge in [-0.05, 0) is 17.2 Å². The molecular formula is C16H13NO. The lowest BCUT2D eigenvalue weighted by Crippen LogP contribution is -2.16. The van der Waals surface area contributed by atoms with Gasteiger partial charge < -0.3 is 4.90 Å². The monoisotopic (exact) mass is 235 g/mol. The zero-order valence-corrected chi connectivity index (χ0v) is 10.2. The molecular weight excluding hydrogens is 222 g/mol. The number of amides is 1. The van der Waals surface area contributed by atoms with Gasteiger partial charge in [-0.15, -0.1) is 0 Å². The Balaban J connectivity index is 2.14. The van der Waals surface area contributed by atoms with Crippen LogP contribution in [0.25, 0.3) is 16.8 Å². The molecule has 0 aliphatic carbocycles. The maximum absolute atomic E-state index is 12.1. The minimum absolute atomic E-state index is 0.0211. The molecule has 1 aliphatic heterocycles. The molecule has 1 heterocycles. The second kappa shape index (κ2) is 3.84. The first kappa shape index (κ1) is 10.8. The van der Waals surface area contributed by atoms with Crippen LogP contribution in [0.5, 0.6) is 0 Å². The molecule has 1 amide bonds. The van der Waals surface area contributed by atoms with Gasteiger partial charge in [-0.3, -0.25) is 4.79 Å². The van der Waals surface area contributed by atoms with Crippen molar-refractivity contribution in [2.75, 3.05) is 7.05 Å². The van der Waals surface area contributed by atoms with Crippen molar-refractivity contribution in [3.63, 3.8) is 0 Å². The van der Waals surface area contributed by atoms with Gasteiger partial charge in [0, 0.05) is 23.9 Å². The van der Waals surface area contributed by atoms with Gasteiger partial charge in [0.1, 0.15) is 0 Å². The molecule has 0 atom stereocenters. The topological polar surface area (TPSA) is 20.3 Å². The van der Waals surface area contributed by atoms with Crippen LogP contribution >= 0.6 is 0 Å². The van der Waals surface area contributed by atoms with E-state index in [1.165, 1.54) is 0 Å². The first-order valence-electron chi connectivity index (χ1n) is 5.85. The van der Waals surface area contributed by atoms with E-state index in [4.69, 9.17) is 0 Å². The zero-order valence-electron chi connectivity index (χ0n) is 10.2. The van der Waals surface area contributed by atoms with Crippen LogP contribution in [0, 0.1) is 0 Å². The number of carbonyl (C=O) groups excluding carboxylic acids is 1. The van der Waals surface area contributed by atoms with Gasteiger partial charge in [0.25, 0.3) is 5.91 Å². The molecule has 0 spiro atoms. The molecule has 2 heteroatoms. The number of nitrogens with zero attached hydrogens (tertiary/aromatic N) is 1. The van der Waals surface area contributed by atoms with E-state index < -0.39 is 0 Å². The molecule has 0 saturated heterocycles. The highest BCUT2D eigenvalue weighted by Gasteiger charge is 2.28. The van der Waals surface area contributed by atoms with E-state index in [-0.39, 0.29) is 5.91 Å². The summed E-state index contributed by atoms with van der Waals surface area (Å²) in [7, 11) is 1.76. The van der Waals surface area contributed by atoms with Crippen molar-refractivity contribution in [3.05, 3.63) is 66.2 Å². The predicted octanol–water partition coefficient (Wildman–Crippen LogP) is 3.41. The van der Waals surface area contributed by atoms with Gasteiger partial charge in [0.05, 0.1) is 0 Å². The van der Waals surface area contributed by atoms with E-state index in [2.05, 4.69) is 6.58 Å². The number of hydrogen-bond acceptors (Lipinski definition) is 1. The third-order valence-electron chi connectivity index (χ3n) is 3.38. The fraction of sp³-hybridized carbons (Fsp3) is 0.0625. The molecule has 0 aromatic heterocycles. The van der Waals surface area contributed by atoms with Gasteiger partial charge in [0.15, 0.2) is 0 Å². The Morgan fingerprint density at radius 2 is 1.67 bits per heavy atom. The highest BCUT2D eigenvalue weighted by molar-refractivity contribution is 6.09. The molecule has 3 rings (SSSR count). The van der Waals surface area contributed by atoms with E-state index in [1.807, 2.05) is 48.5 Å². The van der Waals surface area contributed by atoms with Crippen molar-refractivity contribution in [3.8, 4) is 11.1 Å². The zero-order chi connectivity index (χ0) is 12.7. The summed E-state index contributed by atoms with van der Waals surface area (Å²) in [6.07, 6.45) is 0. The van der Waals surface area contributed by atoms with Crippen molar-refractivity contribution in [2.24, 2.45) is 0 Å². The molecule has 0 unspecified atom stereocenters. The van der Waals surface area contributed by atoms with Gasteiger partial charge in [-0.2, -0.15) is 0 Å². The minimum Gasteiger partial charge on any atom is -0.311 e. The highest BCUT2D eigenvalue weighted by atomic mass is 16.2. The van der Waals surface area contributed by atoms with Crippen LogP contribution < -0.4 is 0 Å². The van der Waals surface area contributed by atoms with Gasteiger partial charge in [-0.25, -0.2) is 0 Å². The number of rotatable bonds is 1. The van der Waals surface area contributed by atoms with Crippen LogP contribution in [0.15, 0.2) is 55.1 Å². The molecule has 0 saturated carbocycles. The molecule has 2 aromatic carbocycles. The third-order valence-corrected chi connectivity index (χ3v) is 3.38. The quantitative estimate of drug-likeness (QED) is 0.741. The van der Waals surface area contributed by atoms with E-state index >= 15 is 0 Å². The summed E-state index contributed by atoms with van der Waals surface area (Å²) in [6, 6.07) is 16.0. The third kappa shape index (κ3) is 1.46. The lowest BCUT2D eigenvalue weighted by Gasteiger charge is -2.07. The highest BCUT2D eigenvalue weighted by Crippen LogP contribution is 2.33. The summed E-state index contributed by atoms with van der Waals surface area (Å²) >= 11 is 0. The second-order valence-corrected chi connectivity index (χ2v) is 4.44. The second-order valence-electron chi connectivity index (χ2n) is 4.44.